The Morgan fingerprint density at radius 2 is 2.16 bits per heavy atom. The van der Waals surface area contributed by atoms with E-state index in [0.29, 0.717) is 11.5 Å². The van der Waals surface area contributed by atoms with Crippen molar-refractivity contribution in [2.24, 2.45) is 0 Å². The van der Waals surface area contributed by atoms with Crippen LogP contribution in [0.2, 0.25) is 0 Å². The van der Waals surface area contributed by atoms with Crippen molar-refractivity contribution in [2.75, 3.05) is 44.2 Å². The van der Waals surface area contributed by atoms with Crippen LogP contribution < -0.4 is 5.32 Å². The van der Waals surface area contributed by atoms with E-state index in [0.717, 1.165) is 18.7 Å². The van der Waals surface area contributed by atoms with E-state index >= 15 is 0 Å². The van der Waals surface area contributed by atoms with Crippen LogP contribution in [0.25, 0.3) is 0 Å². The van der Waals surface area contributed by atoms with Gasteiger partial charge in [-0.1, -0.05) is 0 Å². The first-order chi connectivity index (χ1) is 8.87. The number of rotatable bonds is 6. The number of thioether (sulfide) groups is 1. The summed E-state index contributed by atoms with van der Waals surface area (Å²) < 4.78 is 23.2. The highest BCUT2D eigenvalue weighted by atomic mass is 32.2. The van der Waals surface area contributed by atoms with Crippen LogP contribution in [0.3, 0.4) is 0 Å². The number of hydrazine groups is 1. The lowest BCUT2D eigenvalue weighted by Gasteiger charge is -2.36. The lowest BCUT2D eigenvalue weighted by atomic mass is 10.2. The molecule has 0 bridgehead atoms. The van der Waals surface area contributed by atoms with Gasteiger partial charge in [0.05, 0.1) is 17.5 Å². The summed E-state index contributed by atoms with van der Waals surface area (Å²) in [5.74, 6) is 1.55. The molecule has 0 amide bonds. The van der Waals surface area contributed by atoms with Gasteiger partial charge in [0, 0.05) is 20.6 Å². The van der Waals surface area contributed by atoms with Gasteiger partial charge in [0.1, 0.15) is 0 Å². The monoisotopic (exact) mass is 325 g/mol. The predicted molar refractivity (Wildman–Crippen MR) is 86.2 cm³/mol. The second-order valence-electron chi connectivity index (χ2n) is 4.83. The maximum atomic E-state index is 11.6. The first kappa shape index (κ1) is 17.0. The zero-order valence-corrected chi connectivity index (χ0v) is 14.2. The third kappa shape index (κ3) is 5.45. The lowest BCUT2D eigenvalue weighted by molar-refractivity contribution is 0.0714. The molecule has 0 aromatic rings. The molecular formula is C11H23N3O2S3. The number of nitrogens with zero attached hydrogens (tertiary/aromatic N) is 2. The molecule has 1 aliphatic heterocycles. The second kappa shape index (κ2) is 7.66. The molecule has 0 radical (unpaired) electrons. The van der Waals surface area contributed by atoms with Crippen molar-refractivity contribution in [2.45, 2.75) is 18.9 Å². The van der Waals surface area contributed by atoms with Crippen LogP contribution >= 0.6 is 24.0 Å². The van der Waals surface area contributed by atoms with Crippen molar-refractivity contribution in [3.63, 3.8) is 0 Å². The van der Waals surface area contributed by atoms with Gasteiger partial charge in [-0.05, 0) is 37.1 Å². The van der Waals surface area contributed by atoms with Crippen molar-refractivity contribution in [3.8, 4) is 0 Å². The third-order valence-electron chi connectivity index (χ3n) is 2.99. The summed E-state index contributed by atoms with van der Waals surface area (Å²) in [6.07, 6.45) is 3.77. The minimum atomic E-state index is -2.90. The van der Waals surface area contributed by atoms with E-state index in [4.69, 9.17) is 12.2 Å². The van der Waals surface area contributed by atoms with Gasteiger partial charge in [0.25, 0.3) is 0 Å². The standard InChI is InChI=1S/C11H23N3O2S3/c1-13(2)14(10-5-8-19(15,16)9-10)11(17)12-6-4-7-18-3/h10H,4-9H2,1-3H3,(H,12,17)/t10-/m0/s1. The second-order valence-corrected chi connectivity index (χ2v) is 8.43. The van der Waals surface area contributed by atoms with Crippen LogP contribution in [0.15, 0.2) is 0 Å². The van der Waals surface area contributed by atoms with Gasteiger partial charge in [-0.3, -0.25) is 5.01 Å². The van der Waals surface area contributed by atoms with Gasteiger partial charge in [-0.2, -0.15) is 11.8 Å². The normalized spacial score (nSPS) is 21.6. The molecule has 0 spiro atoms. The SMILES string of the molecule is CSCCCNC(=S)N([C@H]1CCS(=O)(=O)C1)N(C)C. The third-order valence-corrected chi connectivity index (χ3v) is 5.77. The zero-order valence-electron chi connectivity index (χ0n) is 11.8. The van der Waals surface area contributed by atoms with Crippen LogP contribution in [0.5, 0.6) is 0 Å². The van der Waals surface area contributed by atoms with E-state index in [2.05, 4.69) is 11.6 Å². The Kier molecular flexibility index (Phi) is 6.85. The first-order valence-electron chi connectivity index (χ1n) is 6.31. The highest BCUT2D eigenvalue weighted by molar-refractivity contribution is 7.98. The average Bonchev–Trinajstić information content (AvgIpc) is 2.64. The van der Waals surface area contributed by atoms with Gasteiger partial charge in [-0.25, -0.2) is 13.4 Å². The van der Waals surface area contributed by atoms with E-state index in [1.807, 2.05) is 24.1 Å². The van der Waals surface area contributed by atoms with Crippen LogP contribution in [-0.2, 0) is 9.84 Å². The molecule has 5 nitrogen and oxygen atoms in total. The first-order valence-corrected chi connectivity index (χ1v) is 9.93. The van der Waals surface area contributed by atoms with E-state index in [1.54, 1.807) is 11.8 Å². The predicted octanol–water partition coefficient (Wildman–Crippen LogP) is 0.580. The molecule has 0 aromatic heterocycles. The molecule has 1 atom stereocenters. The summed E-state index contributed by atoms with van der Waals surface area (Å²) >= 11 is 7.19. The number of hydrogen-bond acceptors (Lipinski definition) is 5. The maximum absolute atomic E-state index is 11.6. The Hall–Kier alpha value is -0.0500. The summed E-state index contributed by atoms with van der Waals surface area (Å²) in [5, 5.41) is 7.59. The van der Waals surface area contributed by atoms with Crippen molar-refractivity contribution >= 4 is 38.9 Å². The number of hydrogen-bond donors (Lipinski definition) is 1. The van der Waals surface area contributed by atoms with Crippen molar-refractivity contribution in [3.05, 3.63) is 0 Å². The van der Waals surface area contributed by atoms with Crippen LogP contribution in [0, 0.1) is 0 Å². The summed E-state index contributed by atoms with van der Waals surface area (Å²) in [7, 11) is 0.884. The molecule has 1 fully saturated rings. The van der Waals surface area contributed by atoms with Gasteiger partial charge in [-0.15, -0.1) is 0 Å². The fourth-order valence-corrected chi connectivity index (χ4v) is 4.67. The molecule has 1 N–H and O–H groups in total. The maximum Gasteiger partial charge on any atom is 0.183 e. The lowest BCUT2D eigenvalue weighted by Crippen LogP contribution is -2.53. The minimum absolute atomic E-state index is 0.0412. The topological polar surface area (TPSA) is 52.7 Å². The van der Waals surface area contributed by atoms with E-state index in [-0.39, 0.29) is 17.5 Å². The highest BCUT2D eigenvalue weighted by Gasteiger charge is 2.34. The number of sulfone groups is 1. The van der Waals surface area contributed by atoms with E-state index < -0.39 is 9.84 Å². The molecule has 1 aliphatic rings. The molecular weight excluding hydrogens is 302 g/mol. The molecule has 8 heteroatoms. The molecule has 0 aliphatic carbocycles. The fraction of sp³-hybridized carbons (Fsp3) is 0.909. The summed E-state index contributed by atoms with van der Waals surface area (Å²) in [6.45, 7) is 0.823. The van der Waals surface area contributed by atoms with Crippen molar-refractivity contribution in [1.82, 2.24) is 15.3 Å². The molecule has 1 rings (SSSR count). The van der Waals surface area contributed by atoms with Gasteiger partial charge in [0.15, 0.2) is 14.9 Å². The number of nitrogens with one attached hydrogen (secondary N) is 1. The van der Waals surface area contributed by atoms with Gasteiger partial charge in [0.2, 0.25) is 0 Å². The highest BCUT2D eigenvalue weighted by Crippen LogP contribution is 2.18. The van der Waals surface area contributed by atoms with Crippen LogP contribution in [0.4, 0.5) is 0 Å². The van der Waals surface area contributed by atoms with Crippen LogP contribution in [0.1, 0.15) is 12.8 Å². The molecule has 19 heavy (non-hydrogen) atoms. The molecule has 0 saturated carbocycles. The number of thiocarbonyl (C=S) groups is 1. The van der Waals surface area contributed by atoms with Gasteiger partial charge < -0.3 is 5.32 Å². The molecule has 0 unspecified atom stereocenters. The molecule has 112 valence electrons. The Bertz CT molecular complexity index is 398. The van der Waals surface area contributed by atoms with E-state index in [9.17, 15) is 8.42 Å². The Balaban J connectivity index is 2.55. The van der Waals surface area contributed by atoms with Crippen molar-refractivity contribution < 1.29 is 8.42 Å². The molecule has 1 saturated heterocycles. The quantitative estimate of drug-likeness (QED) is 0.435. The van der Waals surface area contributed by atoms with E-state index in [1.165, 1.54) is 0 Å². The molecule has 1 heterocycles. The zero-order chi connectivity index (χ0) is 14.5. The Morgan fingerprint density at radius 3 is 2.63 bits per heavy atom. The summed E-state index contributed by atoms with van der Waals surface area (Å²) in [6, 6.07) is -0.0412. The Labute approximate surface area is 126 Å². The van der Waals surface area contributed by atoms with Gasteiger partial charge >= 0.3 is 0 Å². The Morgan fingerprint density at radius 1 is 1.47 bits per heavy atom. The fourth-order valence-electron chi connectivity index (χ4n) is 2.14. The molecule has 0 aromatic carbocycles. The summed E-state index contributed by atoms with van der Waals surface area (Å²) in [5.41, 5.74) is 0. The average molecular weight is 326 g/mol. The smallest absolute Gasteiger partial charge is 0.183 e. The minimum Gasteiger partial charge on any atom is -0.361 e. The van der Waals surface area contributed by atoms with Crippen molar-refractivity contribution in [1.29, 1.82) is 0 Å². The largest absolute Gasteiger partial charge is 0.361 e. The summed E-state index contributed by atoms with van der Waals surface area (Å²) in [4.78, 5) is 0. The van der Waals surface area contributed by atoms with Crippen LogP contribution in [-0.4, -0.2) is 73.7 Å².